The predicted molar refractivity (Wildman–Crippen MR) is 154 cm³/mol. The third-order valence-electron chi connectivity index (χ3n) is 7.08. The number of hydrogen-bond donors (Lipinski definition) is 1. The highest BCUT2D eigenvalue weighted by atomic mass is 32.2. The zero-order valence-corrected chi connectivity index (χ0v) is 24.6. The second-order valence-electron chi connectivity index (χ2n) is 10.1. The van der Waals surface area contributed by atoms with Crippen LogP contribution < -0.4 is 19.1 Å². The van der Waals surface area contributed by atoms with Crippen LogP contribution in [-0.2, 0) is 24.8 Å². The van der Waals surface area contributed by atoms with E-state index in [2.05, 4.69) is 5.32 Å². The highest BCUT2D eigenvalue weighted by Crippen LogP contribution is 2.37. The van der Waals surface area contributed by atoms with Gasteiger partial charge >= 0.3 is 0 Å². The first-order valence-corrected chi connectivity index (χ1v) is 16.3. The maximum Gasteiger partial charge on any atom is 0.264 e. The summed E-state index contributed by atoms with van der Waals surface area (Å²) >= 11 is 0. The number of benzene rings is 3. The molecule has 2 heterocycles. The van der Waals surface area contributed by atoms with E-state index in [1.54, 1.807) is 54.6 Å². The van der Waals surface area contributed by atoms with Gasteiger partial charge in [-0.25, -0.2) is 16.8 Å². The lowest BCUT2D eigenvalue weighted by Crippen LogP contribution is -2.51. The monoisotopic (exact) mass is 599 g/mol. The second kappa shape index (κ2) is 11.7. The number of amides is 1. The molecular weight excluding hydrogens is 566 g/mol. The van der Waals surface area contributed by atoms with Crippen LogP contribution in [0.1, 0.15) is 24.0 Å². The maximum absolute atomic E-state index is 13.6. The van der Waals surface area contributed by atoms with Crippen LogP contribution >= 0.6 is 0 Å². The van der Waals surface area contributed by atoms with Crippen LogP contribution in [0.5, 0.6) is 11.5 Å². The van der Waals surface area contributed by atoms with Crippen molar-refractivity contribution in [3.05, 3.63) is 77.9 Å². The zero-order valence-electron chi connectivity index (χ0n) is 22.9. The second-order valence-corrected chi connectivity index (χ2v) is 13.9. The van der Waals surface area contributed by atoms with Gasteiger partial charge in [-0.1, -0.05) is 23.8 Å². The minimum Gasteiger partial charge on any atom is -0.492 e. The zero-order chi connectivity index (χ0) is 29.2. The predicted octanol–water partition coefficient (Wildman–Crippen LogP) is 3.24. The van der Waals surface area contributed by atoms with E-state index in [9.17, 15) is 21.6 Å². The number of hydrogen-bond acceptors (Lipinski definition) is 7. The van der Waals surface area contributed by atoms with Crippen molar-refractivity contribution in [2.75, 3.05) is 37.1 Å². The molecule has 1 N–H and O–H groups in total. The first kappa shape index (κ1) is 28.9. The smallest absolute Gasteiger partial charge is 0.264 e. The molecule has 1 amide bonds. The van der Waals surface area contributed by atoms with Gasteiger partial charge in [0.1, 0.15) is 18.1 Å². The summed E-state index contributed by atoms with van der Waals surface area (Å²) in [6, 6.07) is 17.9. The number of nitrogens with zero attached hydrogens (tertiary/aromatic N) is 2. The van der Waals surface area contributed by atoms with Gasteiger partial charge in [-0.3, -0.25) is 9.10 Å². The van der Waals surface area contributed by atoms with E-state index in [1.165, 1.54) is 20.7 Å². The molecule has 10 nitrogen and oxygen atoms in total. The Hall–Kier alpha value is -3.61. The quantitative estimate of drug-likeness (QED) is 0.375. The number of rotatable bonds is 9. The van der Waals surface area contributed by atoms with Gasteiger partial charge in [-0.15, -0.1) is 0 Å². The molecule has 1 atom stereocenters. The number of aryl methyl sites for hydroxylation is 2. The third-order valence-corrected chi connectivity index (χ3v) is 10.8. The van der Waals surface area contributed by atoms with Crippen LogP contribution in [0, 0.1) is 13.8 Å². The van der Waals surface area contributed by atoms with Crippen molar-refractivity contribution in [1.82, 2.24) is 9.62 Å². The van der Waals surface area contributed by atoms with Crippen molar-refractivity contribution in [1.29, 1.82) is 0 Å². The largest absolute Gasteiger partial charge is 0.492 e. The Morgan fingerprint density at radius 1 is 0.878 bits per heavy atom. The minimum absolute atomic E-state index is 0.123. The molecule has 1 unspecified atom stereocenters. The van der Waals surface area contributed by atoms with E-state index in [0.717, 1.165) is 24.0 Å². The highest BCUT2D eigenvalue weighted by molar-refractivity contribution is 7.92. The molecule has 2 aliphatic rings. The molecule has 0 radical (unpaired) electrons. The Morgan fingerprint density at radius 3 is 2.17 bits per heavy atom. The van der Waals surface area contributed by atoms with E-state index in [1.807, 2.05) is 13.8 Å². The molecular formula is C29H33N3O7S2. The first-order valence-electron chi connectivity index (χ1n) is 13.4. The normalized spacial score (nSPS) is 17.5. The number of anilines is 1. The van der Waals surface area contributed by atoms with Crippen molar-refractivity contribution in [2.45, 2.75) is 42.6 Å². The molecule has 218 valence electrons. The molecule has 0 bridgehead atoms. The summed E-state index contributed by atoms with van der Waals surface area (Å²) in [5, 5.41) is 2.75. The van der Waals surface area contributed by atoms with Gasteiger partial charge in [0.25, 0.3) is 15.9 Å². The van der Waals surface area contributed by atoms with Gasteiger partial charge < -0.3 is 14.8 Å². The Morgan fingerprint density at radius 2 is 1.49 bits per heavy atom. The Labute approximate surface area is 241 Å². The van der Waals surface area contributed by atoms with Crippen LogP contribution in [0.2, 0.25) is 0 Å². The lowest BCUT2D eigenvalue weighted by Gasteiger charge is -2.35. The van der Waals surface area contributed by atoms with E-state index in [4.69, 9.17) is 9.47 Å². The third kappa shape index (κ3) is 6.19. The molecule has 0 aromatic heterocycles. The summed E-state index contributed by atoms with van der Waals surface area (Å²) < 4.78 is 66.8. The van der Waals surface area contributed by atoms with Crippen LogP contribution in [0.25, 0.3) is 0 Å². The standard InChI is InChI=1S/C29H33N3O7S2/c1-21-5-10-25(11-6-21)41(36,37)32-20-28(39-27-19-22(2)7-14-26(27)32)29(33)30-15-18-38-23-8-12-24(13-9-23)40(34,35)31-16-3-4-17-31/h5-14,19,28H,3-4,15-18,20H2,1-2H3,(H,30,33). The molecule has 1 saturated heterocycles. The number of carbonyl (C=O) groups is 1. The molecule has 3 aromatic carbocycles. The summed E-state index contributed by atoms with van der Waals surface area (Å²) in [6.45, 7) is 4.87. The highest BCUT2D eigenvalue weighted by Gasteiger charge is 2.37. The van der Waals surface area contributed by atoms with Gasteiger partial charge in [0.2, 0.25) is 10.0 Å². The molecule has 0 spiro atoms. The fraction of sp³-hybridized carbons (Fsp3) is 0.345. The lowest BCUT2D eigenvalue weighted by molar-refractivity contribution is -0.127. The average molecular weight is 600 g/mol. The van der Waals surface area contributed by atoms with Gasteiger partial charge in [0.15, 0.2) is 6.10 Å². The number of nitrogens with one attached hydrogen (secondary N) is 1. The molecule has 2 aliphatic heterocycles. The minimum atomic E-state index is -3.95. The molecule has 12 heteroatoms. The Kier molecular flexibility index (Phi) is 8.25. The summed E-state index contributed by atoms with van der Waals surface area (Å²) in [5.41, 5.74) is 2.17. The Bertz CT molecular complexity index is 1620. The van der Waals surface area contributed by atoms with Crippen LogP contribution in [0.3, 0.4) is 0 Å². The van der Waals surface area contributed by atoms with Crippen molar-refractivity contribution in [3.8, 4) is 11.5 Å². The summed E-state index contributed by atoms with van der Waals surface area (Å²) in [7, 11) is -7.45. The summed E-state index contributed by atoms with van der Waals surface area (Å²) in [5.74, 6) is 0.303. The van der Waals surface area contributed by atoms with Crippen LogP contribution in [0.15, 0.2) is 76.5 Å². The van der Waals surface area contributed by atoms with Crippen molar-refractivity contribution in [3.63, 3.8) is 0 Å². The number of ether oxygens (including phenoxy) is 2. The number of fused-ring (bicyclic) bond motifs is 1. The fourth-order valence-electron chi connectivity index (χ4n) is 4.81. The lowest BCUT2D eigenvalue weighted by atomic mass is 10.1. The van der Waals surface area contributed by atoms with Gasteiger partial charge in [0.05, 0.1) is 28.6 Å². The molecule has 0 aliphatic carbocycles. The summed E-state index contributed by atoms with van der Waals surface area (Å²) in [4.78, 5) is 13.4. The first-order chi connectivity index (χ1) is 19.6. The van der Waals surface area contributed by atoms with Gasteiger partial charge in [0, 0.05) is 13.1 Å². The maximum atomic E-state index is 13.6. The summed E-state index contributed by atoms with van der Waals surface area (Å²) in [6.07, 6.45) is 0.662. The molecule has 3 aromatic rings. The molecule has 1 fully saturated rings. The molecule has 41 heavy (non-hydrogen) atoms. The number of carbonyl (C=O) groups excluding carboxylic acids is 1. The van der Waals surface area contributed by atoms with E-state index in [0.29, 0.717) is 30.3 Å². The van der Waals surface area contributed by atoms with Crippen molar-refractivity contribution < 1.29 is 31.1 Å². The van der Waals surface area contributed by atoms with E-state index in [-0.39, 0.29) is 29.5 Å². The fourth-order valence-corrected chi connectivity index (χ4v) is 7.80. The number of sulfonamides is 2. The van der Waals surface area contributed by atoms with E-state index >= 15 is 0 Å². The van der Waals surface area contributed by atoms with Crippen LogP contribution in [0.4, 0.5) is 5.69 Å². The molecule has 0 saturated carbocycles. The SMILES string of the molecule is Cc1ccc(S(=O)(=O)N2CC(C(=O)NCCOc3ccc(S(=O)(=O)N4CCCC4)cc3)Oc3cc(C)ccc32)cc1. The van der Waals surface area contributed by atoms with Crippen LogP contribution in [-0.4, -0.2) is 65.9 Å². The van der Waals surface area contributed by atoms with Crippen molar-refractivity contribution >= 4 is 31.6 Å². The van der Waals surface area contributed by atoms with E-state index < -0.39 is 32.1 Å². The van der Waals surface area contributed by atoms with Crippen molar-refractivity contribution in [2.24, 2.45) is 0 Å². The average Bonchev–Trinajstić information content (AvgIpc) is 3.51. The topological polar surface area (TPSA) is 122 Å². The molecule has 5 rings (SSSR count). The van der Waals surface area contributed by atoms with Gasteiger partial charge in [-0.2, -0.15) is 4.31 Å². The Balaban J connectivity index is 1.21. The van der Waals surface area contributed by atoms with Gasteiger partial charge in [-0.05, 0) is 80.8 Å².